The molecular formula is C17H27N3S. The molecule has 2 fully saturated rings. The van der Waals surface area contributed by atoms with Crippen molar-refractivity contribution in [3.05, 3.63) is 10.6 Å². The van der Waals surface area contributed by atoms with Crippen molar-refractivity contribution >= 4 is 16.5 Å². The van der Waals surface area contributed by atoms with Crippen LogP contribution in [0.1, 0.15) is 68.5 Å². The SMILES string of the molecule is CCNC1CCCc2nc(N3CCCC4CCCC43)sc21. The van der Waals surface area contributed by atoms with Gasteiger partial charge in [0.05, 0.1) is 5.69 Å². The highest BCUT2D eigenvalue weighted by atomic mass is 32.1. The number of nitrogens with one attached hydrogen (secondary N) is 1. The molecule has 1 saturated heterocycles. The molecule has 116 valence electrons. The number of thiazole rings is 1. The molecule has 2 aliphatic carbocycles. The van der Waals surface area contributed by atoms with Crippen molar-refractivity contribution in [1.82, 2.24) is 10.3 Å². The van der Waals surface area contributed by atoms with E-state index in [4.69, 9.17) is 4.98 Å². The van der Waals surface area contributed by atoms with Crippen LogP contribution in [-0.4, -0.2) is 24.1 Å². The van der Waals surface area contributed by atoms with Crippen molar-refractivity contribution in [2.75, 3.05) is 18.0 Å². The van der Waals surface area contributed by atoms with Gasteiger partial charge in [0.2, 0.25) is 0 Å². The van der Waals surface area contributed by atoms with Gasteiger partial charge >= 0.3 is 0 Å². The van der Waals surface area contributed by atoms with Crippen molar-refractivity contribution in [3.63, 3.8) is 0 Å². The lowest BCUT2D eigenvalue weighted by atomic mass is 9.92. The molecule has 1 N–H and O–H groups in total. The zero-order valence-corrected chi connectivity index (χ0v) is 13.9. The van der Waals surface area contributed by atoms with E-state index in [0.717, 1.165) is 18.5 Å². The van der Waals surface area contributed by atoms with Crippen LogP contribution in [0.15, 0.2) is 0 Å². The molecule has 0 bridgehead atoms. The van der Waals surface area contributed by atoms with Gasteiger partial charge in [0.1, 0.15) is 0 Å². The van der Waals surface area contributed by atoms with E-state index in [1.54, 1.807) is 4.88 Å². The van der Waals surface area contributed by atoms with Crippen LogP contribution in [0.5, 0.6) is 0 Å². The van der Waals surface area contributed by atoms with Crippen molar-refractivity contribution in [2.45, 2.75) is 70.4 Å². The second-order valence-corrected chi connectivity index (χ2v) is 7.91. The first-order valence-corrected chi connectivity index (χ1v) is 9.68. The average molecular weight is 305 g/mol. The molecule has 1 aromatic rings. The molecule has 0 amide bonds. The van der Waals surface area contributed by atoms with Gasteiger partial charge in [-0.3, -0.25) is 0 Å². The fourth-order valence-corrected chi connectivity index (χ4v) is 5.97. The molecule has 3 nitrogen and oxygen atoms in total. The first-order chi connectivity index (χ1) is 10.4. The van der Waals surface area contributed by atoms with Gasteiger partial charge in [-0.1, -0.05) is 24.7 Å². The van der Waals surface area contributed by atoms with Crippen LogP contribution >= 0.6 is 11.3 Å². The molecule has 0 aromatic carbocycles. The molecule has 21 heavy (non-hydrogen) atoms. The highest BCUT2D eigenvalue weighted by molar-refractivity contribution is 7.15. The maximum absolute atomic E-state index is 5.07. The van der Waals surface area contributed by atoms with Crippen LogP contribution in [0.3, 0.4) is 0 Å². The largest absolute Gasteiger partial charge is 0.345 e. The van der Waals surface area contributed by atoms with Crippen molar-refractivity contribution in [1.29, 1.82) is 0 Å². The lowest BCUT2D eigenvalue weighted by Gasteiger charge is -2.37. The lowest BCUT2D eigenvalue weighted by Crippen LogP contribution is -2.42. The minimum atomic E-state index is 0.564. The number of piperidine rings is 1. The number of fused-ring (bicyclic) bond motifs is 2. The molecule has 4 rings (SSSR count). The number of anilines is 1. The summed E-state index contributed by atoms with van der Waals surface area (Å²) < 4.78 is 0. The molecule has 1 saturated carbocycles. The van der Waals surface area contributed by atoms with Crippen LogP contribution < -0.4 is 10.2 Å². The Labute approximate surface area is 132 Å². The molecule has 0 radical (unpaired) electrons. The summed E-state index contributed by atoms with van der Waals surface area (Å²) in [5, 5.41) is 4.99. The number of aryl methyl sites for hydroxylation is 1. The zero-order chi connectivity index (χ0) is 14.2. The number of hydrogen-bond donors (Lipinski definition) is 1. The number of hydrogen-bond acceptors (Lipinski definition) is 4. The molecule has 3 unspecified atom stereocenters. The highest BCUT2D eigenvalue weighted by Crippen LogP contribution is 2.43. The van der Waals surface area contributed by atoms with Crippen LogP contribution in [0.2, 0.25) is 0 Å². The first-order valence-electron chi connectivity index (χ1n) is 8.86. The Bertz CT molecular complexity index is 498. The summed E-state index contributed by atoms with van der Waals surface area (Å²) in [7, 11) is 0. The zero-order valence-electron chi connectivity index (χ0n) is 13.1. The smallest absolute Gasteiger partial charge is 0.186 e. The third kappa shape index (κ3) is 2.50. The van der Waals surface area contributed by atoms with Crippen LogP contribution in [0.25, 0.3) is 0 Å². The predicted octanol–water partition coefficient (Wildman–Crippen LogP) is 3.90. The van der Waals surface area contributed by atoms with Crippen molar-refractivity contribution in [3.8, 4) is 0 Å². The Morgan fingerprint density at radius 1 is 1.19 bits per heavy atom. The normalized spacial score (nSPS) is 32.0. The van der Waals surface area contributed by atoms with Gasteiger partial charge in [-0.2, -0.15) is 0 Å². The van der Waals surface area contributed by atoms with Crippen molar-refractivity contribution in [2.24, 2.45) is 5.92 Å². The summed E-state index contributed by atoms with van der Waals surface area (Å²) >= 11 is 1.99. The van der Waals surface area contributed by atoms with E-state index in [9.17, 15) is 0 Å². The summed E-state index contributed by atoms with van der Waals surface area (Å²) in [6.07, 6.45) is 10.9. The molecule has 1 aromatic heterocycles. The minimum Gasteiger partial charge on any atom is -0.345 e. The molecular weight excluding hydrogens is 278 g/mol. The molecule has 2 heterocycles. The minimum absolute atomic E-state index is 0.564. The quantitative estimate of drug-likeness (QED) is 0.918. The number of nitrogens with zero attached hydrogens (tertiary/aromatic N) is 2. The third-order valence-corrected chi connectivity index (χ3v) is 6.88. The Kier molecular flexibility index (Phi) is 3.92. The maximum Gasteiger partial charge on any atom is 0.186 e. The van der Waals surface area contributed by atoms with Gasteiger partial charge in [0.25, 0.3) is 0 Å². The van der Waals surface area contributed by atoms with E-state index in [1.165, 1.54) is 68.7 Å². The van der Waals surface area contributed by atoms with Crippen molar-refractivity contribution < 1.29 is 0 Å². The first kappa shape index (κ1) is 14.0. The lowest BCUT2D eigenvalue weighted by molar-refractivity contribution is 0.362. The Morgan fingerprint density at radius 3 is 3.00 bits per heavy atom. The molecule has 1 aliphatic heterocycles. The van der Waals surface area contributed by atoms with Crippen LogP contribution in [0.4, 0.5) is 5.13 Å². The van der Waals surface area contributed by atoms with E-state index < -0.39 is 0 Å². The van der Waals surface area contributed by atoms with Gasteiger partial charge < -0.3 is 10.2 Å². The van der Waals surface area contributed by atoms with Gasteiger partial charge in [-0.15, -0.1) is 0 Å². The van der Waals surface area contributed by atoms with E-state index in [2.05, 4.69) is 17.1 Å². The van der Waals surface area contributed by atoms with E-state index in [-0.39, 0.29) is 0 Å². The molecule has 4 heteroatoms. The molecule has 3 atom stereocenters. The topological polar surface area (TPSA) is 28.2 Å². The van der Waals surface area contributed by atoms with Crippen LogP contribution in [-0.2, 0) is 6.42 Å². The Hall–Kier alpha value is -0.610. The summed E-state index contributed by atoms with van der Waals surface area (Å²) in [5.74, 6) is 0.948. The van der Waals surface area contributed by atoms with Crippen LogP contribution in [0, 0.1) is 5.92 Å². The molecule has 0 spiro atoms. The van der Waals surface area contributed by atoms with E-state index >= 15 is 0 Å². The van der Waals surface area contributed by atoms with E-state index in [1.807, 2.05) is 11.3 Å². The summed E-state index contributed by atoms with van der Waals surface area (Å²) in [6, 6.07) is 1.36. The van der Waals surface area contributed by atoms with Gasteiger partial charge in [0.15, 0.2) is 5.13 Å². The average Bonchev–Trinajstić information content (AvgIpc) is 3.14. The monoisotopic (exact) mass is 305 g/mol. The Morgan fingerprint density at radius 2 is 2.10 bits per heavy atom. The third-order valence-electron chi connectivity index (χ3n) is 5.63. The predicted molar refractivity (Wildman–Crippen MR) is 89.2 cm³/mol. The second-order valence-electron chi connectivity index (χ2n) is 6.90. The van der Waals surface area contributed by atoms with Gasteiger partial charge in [-0.25, -0.2) is 4.98 Å². The fraction of sp³-hybridized carbons (Fsp3) is 0.824. The van der Waals surface area contributed by atoms with E-state index in [0.29, 0.717) is 6.04 Å². The maximum atomic E-state index is 5.07. The summed E-state index contributed by atoms with van der Waals surface area (Å²) in [5.41, 5.74) is 1.40. The Balaban J connectivity index is 1.61. The summed E-state index contributed by atoms with van der Waals surface area (Å²) in [4.78, 5) is 9.29. The number of rotatable bonds is 3. The highest BCUT2D eigenvalue weighted by Gasteiger charge is 2.37. The van der Waals surface area contributed by atoms with Gasteiger partial charge in [-0.05, 0) is 57.4 Å². The number of aromatic nitrogens is 1. The standard InChI is InChI=1S/C17H27N3S/c1-2-18-13-8-4-9-14-16(13)21-17(19-14)20-11-5-7-12-6-3-10-15(12)20/h12-13,15,18H,2-11H2,1H3. The fourth-order valence-electron chi connectivity index (χ4n) is 4.66. The summed E-state index contributed by atoms with van der Waals surface area (Å²) in [6.45, 7) is 4.51. The second kappa shape index (κ2) is 5.88. The van der Waals surface area contributed by atoms with Gasteiger partial charge in [0, 0.05) is 23.5 Å². The molecule has 3 aliphatic rings.